The van der Waals surface area contributed by atoms with Crippen LogP contribution >= 0.6 is 11.3 Å². The van der Waals surface area contributed by atoms with Crippen LogP contribution in [0.3, 0.4) is 0 Å². The van der Waals surface area contributed by atoms with Gasteiger partial charge in [0.1, 0.15) is 23.1 Å². The van der Waals surface area contributed by atoms with Gasteiger partial charge in [0.25, 0.3) is 5.91 Å². The summed E-state index contributed by atoms with van der Waals surface area (Å²) in [4.78, 5) is 16.2. The van der Waals surface area contributed by atoms with Crippen LogP contribution in [0.1, 0.15) is 34.9 Å². The van der Waals surface area contributed by atoms with Crippen molar-refractivity contribution in [2.45, 2.75) is 27.4 Å². The predicted octanol–water partition coefficient (Wildman–Crippen LogP) is 3.42. The smallest absolute Gasteiger partial charge is 0.270 e. The molecule has 0 saturated heterocycles. The molecule has 0 radical (unpaired) electrons. The third-order valence-electron chi connectivity index (χ3n) is 2.90. The zero-order chi connectivity index (χ0) is 15.2. The maximum atomic E-state index is 11.9. The second-order valence-electron chi connectivity index (χ2n) is 5.28. The van der Waals surface area contributed by atoms with Crippen molar-refractivity contribution in [3.63, 3.8) is 0 Å². The van der Waals surface area contributed by atoms with Gasteiger partial charge in [-0.3, -0.25) is 4.79 Å². The van der Waals surface area contributed by atoms with E-state index in [0.717, 1.165) is 16.3 Å². The summed E-state index contributed by atoms with van der Waals surface area (Å²) in [6.07, 6.45) is 0. The van der Waals surface area contributed by atoms with Gasteiger partial charge in [-0.05, 0) is 24.5 Å². The molecule has 2 aromatic rings. The summed E-state index contributed by atoms with van der Waals surface area (Å²) in [7, 11) is 0. The first-order valence-corrected chi connectivity index (χ1v) is 7.85. The lowest BCUT2D eigenvalue weighted by Crippen LogP contribution is -2.27. The molecule has 1 heterocycles. The number of hydrogen-bond acceptors (Lipinski definition) is 4. The van der Waals surface area contributed by atoms with Crippen LogP contribution in [0.2, 0.25) is 0 Å². The lowest BCUT2D eigenvalue weighted by Gasteiger charge is -2.07. The Bertz CT molecular complexity index is 608. The lowest BCUT2D eigenvalue weighted by atomic mass is 10.2. The Hall–Kier alpha value is -1.88. The SMILES string of the molecule is Cc1ccccc1OCc1nc(C(=O)NCC(C)C)cs1. The number of ether oxygens (including phenoxy) is 1. The molecule has 1 aromatic carbocycles. The fraction of sp³-hybridized carbons (Fsp3) is 0.375. The number of thiazole rings is 1. The number of nitrogens with zero attached hydrogens (tertiary/aromatic N) is 1. The normalized spacial score (nSPS) is 10.7. The minimum atomic E-state index is -0.123. The summed E-state index contributed by atoms with van der Waals surface area (Å²) >= 11 is 1.44. The number of hydrogen-bond donors (Lipinski definition) is 1. The second kappa shape index (κ2) is 7.22. The zero-order valence-corrected chi connectivity index (χ0v) is 13.4. The molecule has 4 nitrogen and oxygen atoms in total. The van der Waals surface area contributed by atoms with Crippen LogP contribution < -0.4 is 10.1 Å². The number of benzene rings is 1. The van der Waals surface area contributed by atoms with Crippen LogP contribution in [-0.2, 0) is 6.61 Å². The highest BCUT2D eigenvalue weighted by Crippen LogP contribution is 2.19. The topological polar surface area (TPSA) is 51.2 Å². The number of amides is 1. The minimum absolute atomic E-state index is 0.123. The number of carbonyl (C=O) groups is 1. The first-order chi connectivity index (χ1) is 10.1. The molecular formula is C16H20N2O2S. The number of rotatable bonds is 6. The molecule has 1 aromatic heterocycles. The Morgan fingerprint density at radius 3 is 2.86 bits per heavy atom. The van der Waals surface area contributed by atoms with E-state index in [-0.39, 0.29) is 5.91 Å². The fourth-order valence-electron chi connectivity index (χ4n) is 1.73. The van der Waals surface area contributed by atoms with Gasteiger partial charge >= 0.3 is 0 Å². The fourth-order valence-corrected chi connectivity index (χ4v) is 2.41. The van der Waals surface area contributed by atoms with E-state index in [1.54, 1.807) is 5.38 Å². The molecule has 0 atom stereocenters. The molecule has 0 aliphatic rings. The standard InChI is InChI=1S/C16H20N2O2S/c1-11(2)8-17-16(19)13-10-21-15(18-13)9-20-14-7-5-4-6-12(14)3/h4-7,10-11H,8-9H2,1-3H3,(H,17,19). The average Bonchev–Trinajstić information content (AvgIpc) is 2.93. The Kier molecular flexibility index (Phi) is 5.33. The summed E-state index contributed by atoms with van der Waals surface area (Å²) in [6.45, 7) is 7.16. The Labute approximate surface area is 129 Å². The maximum absolute atomic E-state index is 11.9. The monoisotopic (exact) mass is 304 g/mol. The Balaban J connectivity index is 1.91. The first-order valence-electron chi connectivity index (χ1n) is 6.97. The van der Waals surface area contributed by atoms with Crippen molar-refractivity contribution >= 4 is 17.2 Å². The van der Waals surface area contributed by atoms with E-state index in [4.69, 9.17) is 4.74 Å². The van der Waals surface area contributed by atoms with Gasteiger partial charge in [-0.25, -0.2) is 4.98 Å². The summed E-state index contributed by atoms with van der Waals surface area (Å²) in [5.41, 5.74) is 1.55. The molecule has 1 amide bonds. The number of carbonyl (C=O) groups excluding carboxylic acids is 1. The molecule has 0 bridgehead atoms. The van der Waals surface area contributed by atoms with E-state index >= 15 is 0 Å². The Morgan fingerprint density at radius 1 is 1.38 bits per heavy atom. The number of nitrogens with one attached hydrogen (secondary N) is 1. The molecule has 0 fully saturated rings. The zero-order valence-electron chi connectivity index (χ0n) is 12.6. The van der Waals surface area contributed by atoms with Gasteiger partial charge in [-0.2, -0.15) is 0 Å². The highest BCUT2D eigenvalue weighted by Gasteiger charge is 2.11. The quantitative estimate of drug-likeness (QED) is 0.889. The van der Waals surface area contributed by atoms with Gasteiger partial charge in [-0.15, -0.1) is 11.3 Å². The van der Waals surface area contributed by atoms with E-state index in [1.165, 1.54) is 11.3 Å². The van der Waals surface area contributed by atoms with Crippen LogP contribution in [-0.4, -0.2) is 17.4 Å². The molecule has 0 saturated carbocycles. The summed E-state index contributed by atoms with van der Waals surface area (Å²) < 4.78 is 5.73. The lowest BCUT2D eigenvalue weighted by molar-refractivity contribution is 0.0944. The van der Waals surface area contributed by atoms with Crippen LogP contribution in [0.15, 0.2) is 29.6 Å². The predicted molar refractivity (Wildman–Crippen MR) is 84.8 cm³/mol. The molecule has 112 valence electrons. The van der Waals surface area contributed by atoms with Gasteiger partial charge < -0.3 is 10.1 Å². The van der Waals surface area contributed by atoms with E-state index < -0.39 is 0 Å². The van der Waals surface area contributed by atoms with Gasteiger partial charge in [0.05, 0.1) is 0 Å². The largest absolute Gasteiger partial charge is 0.486 e. The van der Waals surface area contributed by atoms with Gasteiger partial charge in [-0.1, -0.05) is 32.0 Å². The van der Waals surface area contributed by atoms with Crippen molar-refractivity contribution in [1.82, 2.24) is 10.3 Å². The van der Waals surface area contributed by atoms with E-state index in [2.05, 4.69) is 24.1 Å². The average molecular weight is 304 g/mol. The molecule has 5 heteroatoms. The molecule has 0 unspecified atom stereocenters. The van der Waals surface area contributed by atoms with Crippen molar-refractivity contribution in [3.05, 3.63) is 45.9 Å². The van der Waals surface area contributed by atoms with Gasteiger partial charge in [0.2, 0.25) is 0 Å². The highest BCUT2D eigenvalue weighted by atomic mass is 32.1. The van der Waals surface area contributed by atoms with Crippen LogP contribution in [0.5, 0.6) is 5.75 Å². The molecule has 2 rings (SSSR count). The van der Waals surface area contributed by atoms with Gasteiger partial charge in [0.15, 0.2) is 0 Å². The maximum Gasteiger partial charge on any atom is 0.270 e. The Morgan fingerprint density at radius 2 is 2.14 bits per heavy atom. The first kappa shape index (κ1) is 15.5. The molecule has 1 N–H and O–H groups in total. The van der Waals surface area contributed by atoms with Crippen LogP contribution in [0, 0.1) is 12.8 Å². The van der Waals surface area contributed by atoms with E-state index in [1.807, 2.05) is 31.2 Å². The van der Waals surface area contributed by atoms with Crippen molar-refractivity contribution < 1.29 is 9.53 Å². The van der Waals surface area contributed by atoms with Crippen molar-refractivity contribution in [2.75, 3.05) is 6.54 Å². The van der Waals surface area contributed by atoms with Crippen molar-refractivity contribution in [1.29, 1.82) is 0 Å². The summed E-state index contributed by atoms with van der Waals surface area (Å²) in [5.74, 6) is 1.15. The summed E-state index contributed by atoms with van der Waals surface area (Å²) in [5, 5.41) is 5.43. The molecule has 0 aliphatic carbocycles. The van der Waals surface area contributed by atoms with E-state index in [9.17, 15) is 4.79 Å². The molecule has 21 heavy (non-hydrogen) atoms. The third-order valence-corrected chi connectivity index (χ3v) is 3.72. The molecule has 0 aliphatic heterocycles. The second-order valence-corrected chi connectivity index (χ2v) is 6.23. The van der Waals surface area contributed by atoms with E-state index in [0.29, 0.717) is 24.8 Å². The third kappa shape index (κ3) is 4.56. The van der Waals surface area contributed by atoms with Gasteiger partial charge in [0, 0.05) is 11.9 Å². The van der Waals surface area contributed by atoms with Crippen molar-refractivity contribution in [3.8, 4) is 5.75 Å². The summed E-state index contributed by atoms with van der Waals surface area (Å²) in [6, 6.07) is 7.85. The molecule has 0 spiro atoms. The van der Waals surface area contributed by atoms with Crippen molar-refractivity contribution in [2.24, 2.45) is 5.92 Å². The van der Waals surface area contributed by atoms with Crippen LogP contribution in [0.4, 0.5) is 0 Å². The number of para-hydroxylation sites is 1. The number of aryl methyl sites for hydroxylation is 1. The minimum Gasteiger partial charge on any atom is -0.486 e. The highest BCUT2D eigenvalue weighted by molar-refractivity contribution is 7.09. The number of aromatic nitrogens is 1. The van der Waals surface area contributed by atoms with Crippen LogP contribution in [0.25, 0.3) is 0 Å². The molecular weight excluding hydrogens is 284 g/mol.